The van der Waals surface area contributed by atoms with E-state index in [0.717, 1.165) is 5.56 Å². The van der Waals surface area contributed by atoms with Crippen LogP contribution in [0.3, 0.4) is 0 Å². The van der Waals surface area contributed by atoms with Crippen LogP contribution < -0.4 is 20.1 Å². The summed E-state index contributed by atoms with van der Waals surface area (Å²) >= 11 is 5.79. The minimum absolute atomic E-state index is 0.0970. The van der Waals surface area contributed by atoms with Gasteiger partial charge in [0, 0.05) is 30.1 Å². The Balaban J connectivity index is 1.58. The lowest BCUT2D eigenvalue weighted by atomic mass is 10.1. The highest BCUT2D eigenvalue weighted by Gasteiger charge is 2.09. The van der Waals surface area contributed by atoms with E-state index in [9.17, 15) is 14.4 Å². The number of rotatable bonds is 12. The first-order chi connectivity index (χ1) is 15.4. The van der Waals surface area contributed by atoms with Crippen LogP contribution in [0.2, 0.25) is 5.02 Å². The summed E-state index contributed by atoms with van der Waals surface area (Å²) in [6.45, 7) is 0.360. The smallest absolute Gasteiger partial charge is 0.306 e. The fourth-order valence-corrected chi connectivity index (χ4v) is 2.92. The highest BCUT2D eigenvalue weighted by molar-refractivity contribution is 6.30. The van der Waals surface area contributed by atoms with Crippen LogP contribution in [-0.2, 0) is 20.7 Å². The summed E-state index contributed by atoms with van der Waals surface area (Å²) in [5.41, 5.74) is 1.46. The standard InChI is InChI=1S/C23H27ClN2O6/c1-30-19-10-5-16(14-20(19)31-2)11-13-25-21(27)15-32-22(28)4-3-12-26-23(29)17-6-8-18(24)9-7-17/h5-10,14H,3-4,11-13,15H2,1-2H3,(H,25,27)(H,26,29). The quantitative estimate of drug-likeness (QED) is 0.371. The number of esters is 1. The number of hydrogen-bond donors (Lipinski definition) is 2. The topological polar surface area (TPSA) is 103 Å². The van der Waals surface area contributed by atoms with Crippen molar-refractivity contribution < 1.29 is 28.6 Å². The van der Waals surface area contributed by atoms with Crippen molar-refractivity contribution in [3.05, 3.63) is 58.6 Å². The van der Waals surface area contributed by atoms with Gasteiger partial charge in [-0.05, 0) is 54.8 Å². The van der Waals surface area contributed by atoms with E-state index >= 15 is 0 Å². The Morgan fingerprint density at radius 3 is 2.31 bits per heavy atom. The van der Waals surface area contributed by atoms with E-state index in [0.29, 0.717) is 48.0 Å². The molecule has 0 atom stereocenters. The second-order valence-corrected chi connectivity index (χ2v) is 7.25. The Kier molecular flexibility index (Phi) is 10.3. The number of carbonyl (C=O) groups is 3. The van der Waals surface area contributed by atoms with Crippen LogP contribution in [0.4, 0.5) is 0 Å². The van der Waals surface area contributed by atoms with Crippen molar-refractivity contribution in [2.75, 3.05) is 33.9 Å². The maximum absolute atomic E-state index is 11.9. The summed E-state index contributed by atoms with van der Waals surface area (Å²) < 4.78 is 15.4. The number of ether oxygens (including phenoxy) is 3. The third-order valence-electron chi connectivity index (χ3n) is 4.50. The molecule has 0 aliphatic rings. The molecular formula is C23H27ClN2O6. The van der Waals surface area contributed by atoms with Gasteiger partial charge in [0.25, 0.3) is 11.8 Å². The molecule has 2 amide bonds. The van der Waals surface area contributed by atoms with E-state index in [4.69, 9.17) is 25.8 Å². The molecule has 8 nitrogen and oxygen atoms in total. The largest absolute Gasteiger partial charge is 0.493 e. The predicted octanol–water partition coefficient (Wildman–Crippen LogP) is 2.77. The molecule has 0 unspecified atom stereocenters. The maximum atomic E-state index is 11.9. The molecule has 0 spiro atoms. The zero-order valence-corrected chi connectivity index (χ0v) is 18.9. The molecule has 32 heavy (non-hydrogen) atoms. The van der Waals surface area contributed by atoms with Crippen LogP contribution in [0.15, 0.2) is 42.5 Å². The molecule has 0 radical (unpaired) electrons. The van der Waals surface area contributed by atoms with Crippen LogP contribution in [0.5, 0.6) is 11.5 Å². The summed E-state index contributed by atoms with van der Waals surface area (Å²) in [5, 5.41) is 5.96. The van der Waals surface area contributed by atoms with E-state index < -0.39 is 5.97 Å². The van der Waals surface area contributed by atoms with Crippen molar-refractivity contribution in [1.82, 2.24) is 10.6 Å². The summed E-state index contributed by atoms with van der Waals surface area (Å²) in [5.74, 6) is 0.130. The van der Waals surface area contributed by atoms with E-state index in [2.05, 4.69) is 10.6 Å². The Hall–Kier alpha value is -3.26. The molecule has 0 aliphatic heterocycles. The third kappa shape index (κ3) is 8.47. The number of benzene rings is 2. The molecule has 172 valence electrons. The molecule has 0 heterocycles. The Morgan fingerprint density at radius 2 is 1.62 bits per heavy atom. The summed E-state index contributed by atoms with van der Waals surface area (Å²) in [7, 11) is 3.13. The highest BCUT2D eigenvalue weighted by Crippen LogP contribution is 2.27. The minimum Gasteiger partial charge on any atom is -0.493 e. The van der Waals surface area contributed by atoms with Crippen LogP contribution in [0.1, 0.15) is 28.8 Å². The number of amides is 2. The molecule has 0 fully saturated rings. The molecule has 0 bridgehead atoms. The normalized spacial score (nSPS) is 10.2. The van der Waals surface area contributed by atoms with E-state index in [1.807, 2.05) is 12.1 Å². The van der Waals surface area contributed by atoms with Crippen molar-refractivity contribution in [3.8, 4) is 11.5 Å². The van der Waals surface area contributed by atoms with Crippen molar-refractivity contribution in [1.29, 1.82) is 0 Å². The first-order valence-corrected chi connectivity index (χ1v) is 10.5. The van der Waals surface area contributed by atoms with Crippen molar-refractivity contribution >= 4 is 29.4 Å². The van der Waals surface area contributed by atoms with Crippen LogP contribution in [0.25, 0.3) is 0 Å². The van der Waals surface area contributed by atoms with Gasteiger partial charge in [0.05, 0.1) is 14.2 Å². The zero-order valence-electron chi connectivity index (χ0n) is 18.1. The number of methoxy groups -OCH3 is 2. The van der Waals surface area contributed by atoms with Gasteiger partial charge in [-0.3, -0.25) is 14.4 Å². The summed E-state index contributed by atoms with van der Waals surface area (Å²) in [6.07, 6.45) is 1.09. The second-order valence-electron chi connectivity index (χ2n) is 6.82. The first-order valence-electron chi connectivity index (χ1n) is 10.1. The molecule has 0 saturated carbocycles. The Bertz CT molecular complexity index is 917. The minimum atomic E-state index is -0.499. The van der Waals surface area contributed by atoms with Gasteiger partial charge >= 0.3 is 5.97 Å². The monoisotopic (exact) mass is 462 g/mol. The number of halogens is 1. The van der Waals surface area contributed by atoms with Crippen molar-refractivity contribution in [3.63, 3.8) is 0 Å². The lowest BCUT2D eigenvalue weighted by molar-refractivity contribution is -0.148. The highest BCUT2D eigenvalue weighted by atomic mass is 35.5. The third-order valence-corrected chi connectivity index (χ3v) is 4.75. The molecule has 9 heteroatoms. The van der Waals surface area contributed by atoms with Crippen LogP contribution in [-0.4, -0.2) is 51.7 Å². The Labute approximate surface area is 192 Å². The van der Waals surface area contributed by atoms with Gasteiger partial charge in [0.2, 0.25) is 0 Å². The summed E-state index contributed by atoms with van der Waals surface area (Å²) in [4.78, 5) is 35.6. The molecule has 2 N–H and O–H groups in total. The maximum Gasteiger partial charge on any atom is 0.306 e. The SMILES string of the molecule is COc1ccc(CCNC(=O)COC(=O)CCCNC(=O)c2ccc(Cl)cc2)cc1OC. The molecule has 0 aromatic heterocycles. The fraction of sp³-hybridized carbons (Fsp3) is 0.348. The van der Waals surface area contributed by atoms with Crippen LogP contribution >= 0.6 is 11.6 Å². The lowest BCUT2D eigenvalue weighted by Gasteiger charge is -2.10. The van der Waals surface area contributed by atoms with Crippen molar-refractivity contribution in [2.45, 2.75) is 19.3 Å². The van der Waals surface area contributed by atoms with Crippen molar-refractivity contribution in [2.24, 2.45) is 0 Å². The van der Waals surface area contributed by atoms with E-state index in [-0.39, 0.29) is 24.8 Å². The second kappa shape index (κ2) is 13.2. The van der Waals surface area contributed by atoms with Gasteiger partial charge < -0.3 is 24.8 Å². The molecule has 2 rings (SSSR count). The van der Waals surface area contributed by atoms with Gasteiger partial charge in [0.1, 0.15) is 0 Å². The molecule has 2 aromatic rings. The lowest BCUT2D eigenvalue weighted by Crippen LogP contribution is -2.30. The van der Waals surface area contributed by atoms with Gasteiger partial charge in [-0.25, -0.2) is 0 Å². The van der Waals surface area contributed by atoms with Crippen LogP contribution in [0, 0.1) is 0 Å². The average molecular weight is 463 g/mol. The summed E-state index contributed by atoms with van der Waals surface area (Å²) in [6, 6.07) is 12.0. The molecular weight excluding hydrogens is 436 g/mol. The number of nitrogens with one attached hydrogen (secondary N) is 2. The van der Waals surface area contributed by atoms with Gasteiger partial charge in [-0.1, -0.05) is 17.7 Å². The Morgan fingerprint density at radius 1 is 0.906 bits per heavy atom. The molecule has 0 aliphatic carbocycles. The van der Waals surface area contributed by atoms with Gasteiger partial charge in [-0.15, -0.1) is 0 Å². The van der Waals surface area contributed by atoms with E-state index in [1.165, 1.54) is 0 Å². The van der Waals surface area contributed by atoms with Gasteiger partial charge in [0.15, 0.2) is 18.1 Å². The fourth-order valence-electron chi connectivity index (χ4n) is 2.79. The average Bonchev–Trinajstić information content (AvgIpc) is 2.80. The molecule has 0 saturated heterocycles. The van der Waals surface area contributed by atoms with E-state index in [1.54, 1.807) is 44.6 Å². The zero-order chi connectivity index (χ0) is 23.3. The predicted molar refractivity (Wildman–Crippen MR) is 120 cm³/mol. The van der Waals surface area contributed by atoms with Gasteiger partial charge in [-0.2, -0.15) is 0 Å². The number of carbonyl (C=O) groups excluding carboxylic acids is 3. The number of hydrogen-bond acceptors (Lipinski definition) is 6. The first kappa shape index (κ1) is 25.0. The molecule has 2 aromatic carbocycles.